The second kappa shape index (κ2) is 9.17. The zero-order valence-electron chi connectivity index (χ0n) is 17.5. The van der Waals surface area contributed by atoms with Gasteiger partial charge in [0.1, 0.15) is 17.3 Å². The van der Waals surface area contributed by atoms with Crippen LogP contribution in [0, 0.1) is 5.92 Å². The maximum atomic E-state index is 12.6. The van der Waals surface area contributed by atoms with E-state index in [1.807, 2.05) is 24.3 Å². The van der Waals surface area contributed by atoms with Crippen LogP contribution < -0.4 is 14.8 Å². The summed E-state index contributed by atoms with van der Waals surface area (Å²) in [4.78, 5) is 23.1. The molecule has 0 aliphatic carbocycles. The van der Waals surface area contributed by atoms with Crippen molar-refractivity contribution in [2.24, 2.45) is 5.92 Å². The number of imidazole rings is 1. The first-order valence-electron chi connectivity index (χ1n) is 10.3. The van der Waals surface area contributed by atoms with E-state index < -0.39 is 0 Å². The topological polar surface area (TPSA) is 79.5 Å². The zero-order valence-corrected chi connectivity index (χ0v) is 17.5. The molecule has 1 atom stereocenters. The van der Waals surface area contributed by atoms with Crippen LogP contribution in [0.5, 0.6) is 11.5 Å². The molecule has 0 unspecified atom stereocenters. The second-order valence-corrected chi connectivity index (χ2v) is 7.76. The van der Waals surface area contributed by atoms with Gasteiger partial charge in [0.15, 0.2) is 0 Å². The molecule has 1 aromatic heterocycles. The Bertz CT molecular complexity index is 961. The molecular weight excluding hydrogens is 380 g/mol. The highest BCUT2D eigenvalue weighted by molar-refractivity contribution is 5.95. The lowest BCUT2D eigenvalue weighted by Crippen LogP contribution is -2.40. The Balaban J connectivity index is 1.33. The van der Waals surface area contributed by atoms with Crippen molar-refractivity contribution in [2.45, 2.75) is 19.4 Å². The van der Waals surface area contributed by atoms with E-state index in [-0.39, 0.29) is 5.91 Å². The molecule has 1 saturated heterocycles. The van der Waals surface area contributed by atoms with Gasteiger partial charge in [-0.2, -0.15) is 0 Å². The minimum absolute atomic E-state index is 0.110. The first-order valence-corrected chi connectivity index (χ1v) is 10.3. The first-order chi connectivity index (χ1) is 14.6. The number of hydrogen-bond donors (Lipinski definition) is 2. The quantitative estimate of drug-likeness (QED) is 0.628. The van der Waals surface area contributed by atoms with Crippen LogP contribution in [0.1, 0.15) is 29.0 Å². The number of ether oxygens (including phenoxy) is 2. The van der Waals surface area contributed by atoms with Gasteiger partial charge in [0.25, 0.3) is 5.91 Å². The molecule has 2 heterocycles. The van der Waals surface area contributed by atoms with Crippen LogP contribution in [-0.4, -0.2) is 54.6 Å². The van der Waals surface area contributed by atoms with E-state index in [2.05, 4.69) is 20.2 Å². The van der Waals surface area contributed by atoms with E-state index in [4.69, 9.17) is 9.47 Å². The highest BCUT2D eigenvalue weighted by Crippen LogP contribution is 2.23. The van der Waals surface area contributed by atoms with E-state index in [1.165, 1.54) is 0 Å². The van der Waals surface area contributed by atoms with E-state index in [0.29, 0.717) is 29.5 Å². The molecule has 4 rings (SSSR count). The van der Waals surface area contributed by atoms with Gasteiger partial charge in [0.05, 0.1) is 31.8 Å². The maximum absolute atomic E-state index is 12.6. The fraction of sp³-hybridized carbons (Fsp3) is 0.391. The molecule has 1 aliphatic rings. The standard InChI is InChI=1S/C23H28N4O3/c1-29-18-10-17(11-19(12-18)30-2)23(28)24-13-16-6-5-9-27(14-16)15-22-25-20-7-3-4-8-21(20)26-22/h3-4,7-8,10-12,16H,5-6,9,13-15H2,1-2H3,(H,24,28)(H,25,26)/t16-/m0/s1. The summed E-state index contributed by atoms with van der Waals surface area (Å²) >= 11 is 0. The van der Waals surface area contributed by atoms with E-state index in [9.17, 15) is 4.79 Å². The third-order valence-corrected chi connectivity index (χ3v) is 5.58. The highest BCUT2D eigenvalue weighted by atomic mass is 16.5. The SMILES string of the molecule is COc1cc(OC)cc(C(=O)NC[C@@H]2CCCN(Cc3nc4ccccc4[nH]3)C2)c1. The minimum atomic E-state index is -0.110. The van der Waals surface area contributed by atoms with Gasteiger partial charge < -0.3 is 19.8 Å². The molecule has 158 valence electrons. The maximum Gasteiger partial charge on any atom is 0.251 e. The fourth-order valence-corrected chi connectivity index (χ4v) is 4.03. The number of nitrogens with one attached hydrogen (secondary N) is 2. The number of piperidine rings is 1. The van der Waals surface area contributed by atoms with Gasteiger partial charge in [-0.05, 0) is 49.6 Å². The molecular formula is C23H28N4O3. The van der Waals surface area contributed by atoms with Crippen molar-refractivity contribution in [3.63, 3.8) is 0 Å². The first kappa shape index (κ1) is 20.2. The molecule has 2 N–H and O–H groups in total. The average Bonchev–Trinajstić information content (AvgIpc) is 3.19. The molecule has 3 aromatic rings. The Kier molecular flexibility index (Phi) is 6.18. The van der Waals surface area contributed by atoms with Gasteiger partial charge in [-0.15, -0.1) is 0 Å². The monoisotopic (exact) mass is 408 g/mol. The number of aromatic nitrogens is 2. The number of carbonyl (C=O) groups excluding carboxylic acids is 1. The number of amides is 1. The summed E-state index contributed by atoms with van der Waals surface area (Å²) in [5, 5.41) is 3.08. The van der Waals surface area contributed by atoms with Crippen molar-refractivity contribution < 1.29 is 14.3 Å². The fourth-order valence-electron chi connectivity index (χ4n) is 4.03. The number of likely N-dealkylation sites (tertiary alicyclic amines) is 1. The Morgan fingerprint density at radius 1 is 1.20 bits per heavy atom. The number of fused-ring (bicyclic) bond motifs is 1. The summed E-state index contributed by atoms with van der Waals surface area (Å²) in [6, 6.07) is 13.3. The van der Waals surface area contributed by atoms with E-state index in [0.717, 1.165) is 49.3 Å². The van der Waals surface area contributed by atoms with E-state index in [1.54, 1.807) is 32.4 Å². The van der Waals surface area contributed by atoms with Gasteiger partial charge in [0.2, 0.25) is 0 Å². The molecule has 7 heteroatoms. The third kappa shape index (κ3) is 4.74. The Hall–Kier alpha value is -3.06. The summed E-state index contributed by atoms with van der Waals surface area (Å²) in [5.41, 5.74) is 2.62. The number of rotatable bonds is 7. The number of benzene rings is 2. The molecule has 0 saturated carbocycles. The summed E-state index contributed by atoms with van der Waals surface area (Å²) < 4.78 is 10.5. The molecule has 1 aliphatic heterocycles. The lowest BCUT2D eigenvalue weighted by Gasteiger charge is -2.32. The number of nitrogens with zero attached hydrogens (tertiary/aromatic N) is 2. The highest BCUT2D eigenvalue weighted by Gasteiger charge is 2.22. The number of carbonyl (C=O) groups is 1. The lowest BCUT2D eigenvalue weighted by atomic mass is 9.98. The van der Waals surface area contributed by atoms with Crippen LogP contribution in [0.4, 0.5) is 0 Å². The average molecular weight is 409 g/mol. The van der Waals surface area contributed by atoms with Crippen LogP contribution in [0.25, 0.3) is 11.0 Å². The van der Waals surface area contributed by atoms with Gasteiger partial charge in [0, 0.05) is 24.7 Å². The summed E-state index contributed by atoms with van der Waals surface area (Å²) in [5.74, 6) is 2.51. The normalized spacial score (nSPS) is 17.1. The van der Waals surface area contributed by atoms with E-state index >= 15 is 0 Å². The number of hydrogen-bond acceptors (Lipinski definition) is 5. The van der Waals surface area contributed by atoms with Crippen LogP contribution in [0.15, 0.2) is 42.5 Å². The Morgan fingerprint density at radius 3 is 2.70 bits per heavy atom. The van der Waals surface area contributed by atoms with Gasteiger partial charge in [-0.3, -0.25) is 9.69 Å². The lowest BCUT2D eigenvalue weighted by molar-refractivity contribution is 0.0929. The third-order valence-electron chi connectivity index (χ3n) is 5.58. The van der Waals surface area contributed by atoms with Crippen molar-refractivity contribution in [2.75, 3.05) is 33.9 Å². The van der Waals surface area contributed by atoms with Crippen molar-refractivity contribution >= 4 is 16.9 Å². The molecule has 0 spiro atoms. The van der Waals surface area contributed by atoms with Crippen molar-refractivity contribution in [1.29, 1.82) is 0 Å². The summed E-state index contributed by atoms with van der Waals surface area (Å²) in [7, 11) is 3.16. The van der Waals surface area contributed by atoms with Crippen molar-refractivity contribution in [3.05, 3.63) is 53.9 Å². The second-order valence-electron chi connectivity index (χ2n) is 7.76. The molecule has 30 heavy (non-hydrogen) atoms. The van der Waals surface area contributed by atoms with Crippen LogP contribution in [0.2, 0.25) is 0 Å². The number of aromatic amines is 1. The van der Waals surface area contributed by atoms with Gasteiger partial charge >= 0.3 is 0 Å². The number of para-hydroxylation sites is 2. The molecule has 2 aromatic carbocycles. The molecule has 7 nitrogen and oxygen atoms in total. The number of H-pyrrole nitrogens is 1. The predicted octanol–water partition coefficient (Wildman–Crippen LogP) is 3.22. The smallest absolute Gasteiger partial charge is 0.251 e. The largest absolute Gasteiger partial charge is 0.497 e. The van der Waals surface area contributed by atoms with Crippen LogP contribution in [0.3, 0.4) is 0 Å². The van der Waals surface area contributed by atoms with Crippen LogP contribution >= 0.6 is 0 Å². The minimum Gasteiger partial charge on any atom is -0.497 e. The molecule has 0 radical (unpaired) electrons. The summed E-state index contributed by atoms with van der Waals surface area (Å²) in [6.45, 7) is 3.44. The molecule has 1 amide bonds. The van der Waals surface area contributed by atoms with Crippen molar-refractivity contribution in [1.82, 2.24) is 20.2 Å². The van der Waals surface area contributed by atoms with Gasteiger partial charge in [-0.25, -0.2) is 4.98 Å². The Labute approximate surface area is 176 Å². The Morgan fingerprint density at radius 2 is 1.97 bits per heavy atom. The summed E-state index contributed by atoms with van der Waals surface area (Å²) in [6.07, 6.45) is 2.23. The van der Waals surface area contributed by atoms with Crippen molar-refractivity contribution in [3.8, 4) is 11.5 Å². The molecule has 0 bridgehead atoms. The number of methoxy groups -OCH3 is 2. The zero-order chi connectivity index (χ0) is 20.9. The molecule has 1 fully saturated rings. The predicted molar refractivity (Wildman–Crippen MR) is 116 cm³/mol. The van der Waals surface area contributed by atoms with Gasteiger partial charge in [-0.1, -0.05) is 12.1 Å². The van der Waals surface area contributed by atoms with Crippen LogP contribution in [-0.2, 0) is 6.54 Å².